The van der Waals surface area contributed by atoms with Gasteiger partial charge < -0.3 is 9.47 Å². The van der Waals surface area contributed by atoms with E-state index in [1.165, 1.54) is 6.07 Å². The first-order valence-electron chi connectivity index (χ1n) is 9.13. The predicted octanol–water partition coefficient (Wildman–Crippen LogP) is 5.96. The maximum absolute atomic E-state index is 11.2. The van der Waals surface area contributed by atoms with Gasteiger partial charge in [-0.15, -0.1) is 0 Å². The van der Waals surface area contributed by atoms with Crippen LogP contribution in [0.2, 0.25) is 0 Å². The smallest absolute Gasteiger partial charge is 0.270 e. The number of benzene rings is 3. The van der Waals surface area contributed by atoms with Gasteiger partial charge in [0.05, 0.1) is 19.1 Å². The first kappa shape index (κ1) is 20.1. The zero-order valence-electron chi connectivity index (χ0n) is 17.0. The average Bonchev–Trinajstić information content (AvgIpc) is 2.74. The second kappa shape index (κ2) is 8.19. The third-order valence-corrected chi connectivity index (χ3v) is 5.10. The number of hydrogen-bond donors (Lipinski definition) is 0. The molecule has 0 aliphatic rings. The number of nitro groups is 1. The molecule has 0 atom stereocenters. The molecule has 0 aliphatic carbocycles. The number of nitro benzene ring substituents is 1. The van der Waals surface area contributed by atoms with Crippen molar-refractivity contribution >= 4 is 11.3 Å². The average molecular weight is 389 g/mol. The van der Waals surface area contributed by atoms with Crippen LogP contribution in [0.15, 0.2) is 61.2 Å². The van der Waals surface area contributed by atoms with Crippen LogP contribution in [0.4, 0.5) is 5.69 Å². The SMILES string of the molecule is C=C(c1cc(C)c(C)c(OC)c1)c1ccc(OC)c(-c2cccc([N+](=O)[O-])c2)c1. The predicted molar refractivity (Wildman–Crippen MR) is 116 cm³/mol. The van der Waals surface area contributed by atoms with Crippen molar-refractivity contribution in [2.45, 2.75) is 13.8 Å². The van der Waals surface area contributed by atoms with Gasteiger partial charge in [-0.3, -0.25) is 10.1 Å². The molecule has 0 fully saturated rings. The molecule has 0 radical (unpaired) electrons. The normalized spacial score (nSPS) is 10.5. The van der Waals surface area contributed by atoms with Gasteiger partial charge in [-0.1, -0.05) is 30.8 Å². The van der Waals surface area contributed by atoms with E-state index in [1.807, 2.05) is 44.2 Å². The molecule has 0 saturated heterocycles. The van der Waals surface area contributed by atoms with Crippen LogP contribution in [-0.2, 0) is 0 Å². The van der Waals surface area contributed by atoms with Crippen LogP contribution in [0.25, 0.3) is 16.7 Å². The fourth-order valence-electron chi connectivity index (χ4n) is 3.29. The lowest BCUT2D eigenvalue weighted by atomic mass is 9.93. The number of aryl methyl sites for hydroxylation is 1. The Hall–Kier alpha value is -3.60. The van der Waals surface area contributed by atoms with E-state index in [0.717, 1.165) is 39.1 Å². The molecular weight excluding hydrogens is 366 g/mol. The molecule has 0 aromatic heterocycles. The highest BCUT2D eigenvalue weighted by Crippen LogP contribution is 2.36. The Bertz CT molecular complexity index is 1100. The molecule has 0 N–H and O–H groups in total. The summed E-state index contributed by atoms with van der Waals surface area (Å²) in [5.74, 6) is 1.45. The Morgan fingerprint density at radius 3 is 2.31 bits per heavy atom. The van der Waals surface area contributed by atoms with Crippen LogP contribution in [0.1, 0.15) is 22.3 Å². The maximum atomic E-state index is 11.2. The molecule has 0 amide bonds. The number of hydrogen-bond acceptors (Lipinski definition) is 4. The van der Waals surface area contributed by atoms with Crippen molar-refractivity contribution in [1.82, 2.24) is 0 Å². The van der Waals surface area contributed by atoms with Gasteiger partial charge in [0, 0.05) is 17.7 Å². The Kier molecular flexibility index (Phi) is 5.69. The highest BCUT2D eigenvalue weighted by molar-refractivity contribution is 5.84. The summed E-state index contributed by atoms with van der Waals surface area (Å²) in [6, 6.07) is 16.3. The Morgan fingerprint density at radius 2 is 1.66 bits per heavy atom. The zero-order valence-corrected chi connectivity index (χ0v) is 17.0. The molecule has 0 spiro atoms. The molecule has 0 heterocycles. The van der Waals surface area contributed by atoms with Crippen LogP contribution in [0.5, 0.6) is 11.5 Å². The summed E-state index contributed by atoms with van der Waals surface area (Å²) in [5.41, 5.74) is 6.42. The van der Waals surface area contributed by atoms with Gasteiger partial charge >= 0.3 is 0 Å². The maximum Gasteiger partial charge on any atom is 0.270 e. The summed E-state index contributed by atoms with van der Waals surface area (Å²) in [5, 5.41) is 11.2. The highest BCUT2D eigenvalue weighted by Gasteiger charge is 2.14. The first-order valence-corrected chi connectivity index (χ1v) is 9.13. The lowest BCUT2D eigenvalue weighted by molar-refractivity contribution is -0.384. The van der Waals surface area contributed by atoms with Crippen molar-refractivity contribution < 1.29 is 14.4 Å². The Labute approximate surface area is 170 Å². The molecule has 0 bridgehead atoms. The molecule has 0 saturated carbocycles. The number of non-ortho nitro benzene ring substituents is 1. The van der Waals surface area contributed by atoms with Gasteiger partial charge in [-0.05, 0) is 65.4 Å². The van der Waals surface area contributed by atoms with E-state index in [2.05, 4.69) is 12.6 Å². The van der Waals surface area contributed by atoms with Crippen molar-refractivity contribution in [2.75, 3.05) is 14.2 Å². The van der Waals surface area contributed by atoms with Crippen molar-refractivity contribution in [3.05, 3.63) is 93.5 Å². The Balaban J connectivity index is 2.10. The standard InChI is InChI=1S/C24H23NO4/c1-15-11-20(14-24(29-5)16(15)2)17(3)18-9-10-23(28-4)22(13-18)19-7-6-8-21(12-19)25(26)27/h6-14H,3H2,1-2,4-5H3. The first-order chi connectivity index (χ1) is 13.8. The van der Waals surface area contributed by atoms with Crippen LogP contribution in [-0.4, -0.2) is 19.1 Å². The molecule has 5 nitrogen and oxygen atoms in total. The topological polar surface area (TPSA) is 61.6 Å². The third kappa shape index (κ3) is 3.99. The van der Waals surface area contributed by atoms with Crippen molar-refractivity contribution in [3.8, 4) is 22.6 Å². The summed E-state index contributed by atoms with van der Waals surface area (Å²) in [7, 11) is 3.24. The van der Waals surface area contributed by atoms with Gasteiger partial charge in [-0.25, -0.2) is 0 Å². The number of ether oxygens (including phenoxy) is 2. The molecule has 3 aromatic carbocycles. The van der Waals surface area contributed by atoms with Crippen LogP contribution in [0, 0.1) is 24.0 Å². The zero-order chi connectivity index (χ0) is 21.1. The molecule has 0 unspecified atom stereocenters. The number of nitrogens with zero attached hydrogens (tertiary/aromatic N) is 1. The van der Waals surface area contributed by atoms with Gasteiger partial charge in [0.25, 0.3) is 5.69 Å². The van der Waals surface area contributed by atoms with Gasteiger partial charge in [0.1, 0.15) is 11.5 Å². The largest absolute Gasteiger partial charge is 0.496 e. The number of rotatable bonds is 6. The fraction of sp³-hybridized carbons (Fsp3) is 0.167. The minimum Gasteiger partial charge on any atom is -0.496 e. The fourth-order valence-corrected chi connectivity index (χ4v) is 3.29. The summed E-state index contributed by atoms with van der Waals surface area (Å²) >= 11 is 0. The van der Waals surface area contributed by atoms with Crippen LogP contribution in [0.3, 0.4) is 0 Å². The van der Waals surface area contributed by atoms with E-state index in [9.17, 15) is 10.1 Å². The third-order valence-electron chi connectivity index (χ3n) is 5.10. The number of methoxy groups -OCH3 is 2. The molecule has 5 heteroatoms. The molecule has 3 aromatic rings. The molecule has 3 rings (SSSR count). The van der Waals surface area contributed by atoms with E-state index < -0.39 is 4.92 Å². The highest BCUT2D eigenvalue weighted by atomic mass is 16.6. The van der Waals surface area contributed by atoms with E-state index in [1.54, 1.807) is 26.4 Å². The van der Waals surface area contributed by atoms with Gasteiger partial charge in [0.2, 0.25) is 0 Å². The van der Waals surface area contributed by atoms with E-state index in [0.29, 0.717) is 11.3 Å². The van der Waals surface area contributed by atoms with E-state index in [4.69, 9.17) is 9.47 Å². The summed E-state index contributed by atoms with van der Waals surface area (Å²) in [6.07, 6.45) is 0. The van der Waals surface area contributed by atoms with E-state index in [-0.39, 0.29) is 5.69 Å². The van der Waals surface area contributed by atoms with Gasteiger partial charge in [-0.2, -0.15) is 0 Å². The monoisotopic (exact) mass is 389 g/mol. The van der Waals surface area contributed by atoms with E-state index >= 15 is 0 Å². The van der Waals surface area contributed by atoms with Crippen molar-refractivity contribution in [3.63, 3.8) is 0 Å². The summed E-state index contributed by atoms with van der Waals surface area (Å²) in [6.45, 7) is 8.33. The van der Waals surface area contributed by atoms with Crippen molar-refractivity contribution in [1.29, 1.82) is 0 Å². The second-order valence-electron chi connectivity index (χ2n) is 6.82. The molecule has 148 valence electrons. The minimum atomic E-state index is -0.403. The Morgan fingerprint density at radius 1 is 0.931 bits per heavy atom. The summed E-state index contributed by atoms with van der Waals surface area (Å²) < 4.78 is 11.0. The second-order valence-corrected chi connectivity index (χ2v) is 6.82. The van der Waals surface area contributed by atoms with Crippen LogP contribution >= 0.6 is 0 Å². The lowest BCUT2D eigenvalue weighted by Gasteiger charge is -2.15. The minimum absolute atomic E-state index is 0.0349. The molecule has 29 heavy (non-hydrogen) atoms. The van der Waals surface area contributed by atoms with Crippen molar-refractivity contribution in [2.24, 2.45) is 0 Å². The summed E-state index contributed by atoms with van der Waals surface area (Å²) in [4.78, 5) is 10.8. The molecular formula is C24H23NO4. The quantitative estimate of drug-likeness (QED) is 0.386. The van der Waals surface area contributed by atoms with Crippen LogP contribution < -0.4 is 9.47 Å². The van der Waals surface area contributed by atoms with Gasteiger partial charge in [0.15, 0.2) is 0 Å². The molecule has 0 aliphatic heterocycles. The lowest BCUT2D eigenvalue weighted by Crippen LogP contribution is -1.96.